The number of benzene rings is 2. The summed E-state index contributed by atoms with van der Waals surface area (Å²) in [6.07, 6.45) is 0. The van der Waals surface area contributed by atoms with E-state index in [-0.39, 0.29) is 24.3 Å². The highest BCUT2D eigenvalue weighted by molar-refractivity contribution is 6.06. The van der Waals surface area contributed by atoms with Crippen LogP contribution in [-0.4, -0.2) is 37.4 Å². The molecule has 1 saturated heterocycles. The molecule has 0 bridgehead atoms. The number of rotatable bonds is 4. The van der Waals surface area contributed by atoms with Crippen LogP contribution >= 0.6 is 0 Å². The van der Waals surface area contributed by atoms with Gasteiger partial charge in [0.2, 0.25) is 11.8 Å². The Kier molecular flexibility index (Phi) is 5.17. The number of hydrogen-bond donors (Lipinski definition) is 3. The first-order chi connectivity index (χ1) is 12.5. The summed E-state index contributed by atoms with van der Waals surface area (Å²) >= 11 is 0. The third-order valence-corrected chi connectivity index (χ3v) is 4.00. The van der Waals surface area contributed by atoms with E-state index in [2.05, 4.69) is 16.0 Å². The van der Waals surface area contributed by atoms with Crippen LogP contribution in [0.1, 0.15) is 17.3 Å². The molecule has 7 nitrogen and oxygen atoms in total. The van der Waals surface area contributed by atoms with E-state index in [1.54, 1.807) is 24.3 Å². The van der Waals surface area contributed by atoms with E-state index in [0.29, 0.717) is 30.0 Å². The molecule has 0 unspecified atom stereocenters. The second kappa shape index (κ2) is 7.69. The summed E-state index contributed by atoms with van der Waals surface area (Å²) in [6.45, 7) is 2.95. The minimum Gasteiger partial charge on any atom is -0.359 e. The predicted octanol–water partition coefficient (Wildman–Crippen LogP) is 1.83. The summed E-state index contributed by atoms with van der Waals surface area (Å²) in [6, 6.07) is 14.1. The Morgan fingerprint density at radius 2 is 1.77 bits per heavy atom. The van der Waals surface area contributed by atoms with Crippen LogP contribution in [-0.2, 0) is 9.59 Å². The normalized spacial score (nSPS) is 13.7. The number of para-hydroxylation sites is 2. The monoisotopic (exact) mass is 352 g/mol. The summed E-state index contributed by atoms with van der Waals surface area (Å²) in [5, 5.41) is 8.35. The van der Waals surface area contributed by atoms with E-state index in [1.807, 2.05) is 29.2 Å². The topological polar surface area (TPSA) is 90.5 Å². The van der Waals surface area contributed by atoms with Gasteiger partial charge in [-0.3, -0.25) is 14.4 Å². The maximum absolute atomic E-state index is 12.6. The largest absolute Gasteiger partial charge is 0.359 e. The zero-order chi connectivity index (χ0) is 18.5. The Morgan fingerprint density at radius 1 is 1.04 bits per heavy atom. The van der Waals surface area contributed by atoms with Gasteiger partial charge in [-0.05, 0) is 36.4 Å². The van der Waals surface area contributed by atoms with E-state index in [4.69, 9.17) is 0 Å². The summed E-state index contributed by atoms with van der Waals surface area (Å²) in [5.74, 6) is -0.457. The van der Waals surface area contributed by atoms with Crippen LogP contribution in [0.15, 0.2) is 48.5 Å². The number of carbonyl (C=O) groups is 3. The second-order valence-corrected chi connectivity index (χ2v) is 6.00. The summed E-state index contributed by atoms with van der Waals surface area (Å²) in [5.41, 5.74) is 2.57. The van der Waals surface area contributed by atoms with E-state index < -0.39 is 0 Å². The quantitative estimate of drug-likeness (QED) is 0.783. The molecule has 1 aliphatic rings. The molecule has 0 spiro atoms. The van der Waals surface area contributed by atoms with Crippen molar-refractivity contribution < 1.29 is 14.4 Å². The molecular formula is C19H20N4O3. The third kappa shape index (κ3) is 4.18. The number of anilines is 3. The molecule has 1 fully saturated rings. The predicted molar refractivity (Wildman–Crippen MR) is 100 cm³/mol. The van der Waals surface area contributed by atoms with E-state index >= 15 is 0 Å². The minimum atomic E-state index is -0.256. The van der Waals surface area contributed by atoms with Gasteiger partial charge in [-0.25, -0.2) is 0 Å². The molecule has 0 aromatic heterocycles. The molecule has 0 radical (unpaired) electrons. The van der Waals surface area contributed by atoms with Gasteiger partial charge in [-0.1, -0.05) is 12.1 Å². The number of nitrogens with one attached hydrogen (secondary N) is 3. The van der Waals surface area contributed by atoms with Gasteiger partial charge >= 0.3 is 0 Å². The van der Waals surface area contributed by atoms with Gasteiger partial charge in [0.05, 0.1) is 17.9 Å². The molecule has 0 aliphatic carbocycles. The maximum atomic E-state index is 12.6. The van der Waals surface area contributed by atoms with Crippen molar-refractivity contribution in [1.29, 1.82) is 0 Å². The Labute approximate surface area is 151 Å². The number of hydrogen-bond acceptors (Lipinski definition) is 4. The summed E-state index contributed by atoms with van der Waals surface area (Å²) in [4.78, 5) is 37.2. The SMILES string of the molecule is CC(=O)Nc1ccc(C(=O)Nc2ccccc2N2CCNC(=O)C2)cc1. The minimum absolute atomic E-state index is 0.0362. The fourth-order valence-electron chi connectivity index (χ4n) is 2.80. The molecule has 2 aromatic rings. The number of nitrogens with zero attached hydrogens (tertiary/aromatic N) is 1. The first-order valence-corrected chi connectivity index (χ1v) is 8.32. The van der Waals surface area contributed by atoms with Gasteiger partial charge in [0, 0.05) is 31.3 Å². The van der Waals surface area contributed by atoms with Crippen molar-refractivity contribution in [2.24, 2.45) is 0 Å². The molecule has 0 saturated carbocycles. The Hall–Kier alpha value is -3.35. The second-order valence-electron chi connectivity index (χ2n) is 6.00. The zero-order valence-electron chi connectivity index (χ0n) is 14.4. The zero-order valence-corrected chi connectivity index (χ0v) is 14.4. The van der Waals surface area contributed by atoms with Crippen molar-refractivity contribution in [2.45, 2.75) is 6.92 Å². The Morgan fingerprint density at radius 3 is 2.46 bits per heavy atom. The molecule has 2 aromatic carbocycles. The summed E-state index contributed by atoms with van der Waals surface area (Å²) < 4.78 is 0. The van der Waals surface area contributed by atoms with Gasteiger partial charge in [0.15, 0.2) is 0 Å². The number of amides is 3. The van der Waals surface area contributed by atoms with Gasteiger partial charge in [-0.2, -0.15) is 0 Å². The Balaban J connectivity index is 1.75. The van der Waals surface area contributed by atoms with Crippen LogP contribution in [0.3, 0.4) is 0 Å². The van der Waals surface area contributed by atoms with Gasteiger partial charge in [0.1, 0.15) is 0 Å². The number of piperazine rings is 1. The van der Waals surface area contributed by atoms with Gasteiger partial charge in [-0.15, -0.1) is 0 Å². The molecule has 134 valence electrons. The summed E-state index contributed by atoms with van der Waals surface area (Å²) in [7, 11) is 0. The lowest BCUT2D eigenvalue weighted by Crippen LogP contribution is -2.47. The van der Waals surface area contributed by atoms with Gasteiger partial charge < -0.3 is 20.9 Å². The molecule has 3 N–H and O–H groups in total. The smallest absolute Gasteiger partial charge is 0.255 e. The first kappa shape index (κ1) is 17.5. The van der Waals surface area contributed by atoms with Crippen LogP contribution in [0.5, 0.6) is 0 Å². The van der Waals surface area contributed by atoms with E-state index in [1.165, 1.54) is 6.92 Å². The van der Waals surface area contributed by atoms with E-state index in [0.717, 1.165) is 5.69 Å². The molecule has 7 heteroatoms. The third-order valence-electron chi connectivity index (χ3n) is 4.00. The van der Waals surface area contributed by atoms with Crippen molar-refractivity contribution in [1.82, 2.24) is 5.32 Å². The molecule has 3 amide bonds. The fourth-order valence-corrected chi connectivity index (χ4v) is 2.80. The molecule has 3 rings (SSSR count). The highest BCUT2D eigenvalue weighted by Crippen LogP contribution is 2.26. The average Bonchev–Trinajstić information content (AvgIpc) is 2.62. The lowest BCUT2D eigenvalue weighted by Gasteiger charge is -2.30. The van der Waals surface area contributed by atoms with Crippen molar-refractivity contribution in [3.05, 3.63) is 54.1 Å². The van der Waals surface area contributed by atoms with Crippen LogP contribution in [0, 0.1) is 0 Å². The fraction of sp³-hybridized carbons (Fsp3) is 0.211. The lowest BCUT2D eigenvalue weighted by molar-refractivity contribution is -0.120. The van der Waals surface area contributed by atoms with Crippen LogP contribution in [0.4, 0.5) is 17.1 Å². The Bertz CT molecular complexity index is 833. The molecule has 0 atom stereocenters. The van der Waals surface area contributed by atoms with Crippen LogP contribution in [0.2, 0.25) is 0 Å². The van der Waals surface area contributed by atoms with E-state index in [9.17, 15) is 14.4 Å². The van der Waals surface area contributed by atoms with Crippen molar-refractivity contribution in [2.75, 3.05) is 35.2 Å². The standard InChI is InChI=1S/C19H20N4O3/c1-13(24)21-15-8-6-14(7-9-15)19(26)22-16-4-2-3-5-17(16)23-11-10-20-18(25)12-23/h2-9H,10-12H2,1H3,(H,20,25)(H,21,24)(H,22,26). The van der Waals surface area contributed by atoms with Crippen molar-refractivity contribution >= 4 is 34.8 Å². The molecule has 1 aliphatic heterocycles. The average molecular weight is 352 g/mol. The van der Waals surface area contributed by atoms with Crippen LogP contribution < -0.4 is 20.9 Å². The first-order valence-electron chi connectivity index (χ1n) is 8.32. The van der Waals surface area contributed by atoms with Crippen molar-refractivity contribution in [3.63, 3.8) is 0 Å². The molecule has 26 heavy (non-hydrogen) atoms. The molecule has 1 heterocycles. The maximum Gasteiger partial charge on any atom is 0.255 e. The van der Waals surface area contributed by atoms with Gasteiger partial charge in [0.25, 0.3) is 5.91 Å². The number of carbonyl (C=O) groups excluding carboxylic acids is 3. The highest BCUT2D eigenvalue weighted by Gasteiger charge is 2.19. The van der Waals surface area contributed by atoms with Crippen LogP contribution in [0.25, 0.3) is 0 Å². The van der Waals surface area contributed by atoms with Crippen molar-refractivity contribution in [3.8, 4) is 0 Å². The lowest BCUT2D eigenvalue weighted by atomic mass is 10.1. The highest BCUT2D eigenvalue weighted by atomic mass is 16.2. The molecular weight excluding hydrogens is 332 g/mol.